The van der Waals surface area contributed by atoms with Crippen LogP contribution in [0.2, 0.25) is 0 Å². The topological polar surface area (TPSA) is 59.2 Å². The van der Waals surface area contributed by atoms with Crippen LogP contribution in [0.5, 0.6) is 0 Å². The van der Waals surface area contributed by atoms with Gasteiger partial charge in [-0.25, -0.2) is 4.39 Å². The van der Waals surface area contributed by atoms with Crippen LogP contribution in [-0.4, -0.2) is 28.0 Å². The molecule has 3 rings (SSSR count). The number of halogens is 1. The lowest BCUT2D eigenvalue weighted by molar-refractivity contribution is 0.0710. The van der Waals surface area contributed by atoms with Crippen molar-refractivity contribution in [3.8, 4) is 0 Å². The smallest absolute Gasteiger partial charge is 0.293 e. The third kappa shape index (κ3) is 3.17. The number of hydrogen-bond acceptors (Lipinski definition) is 4. The van der Waals surface area contributed by atoms with Gasteiger partial charge in [-0.15, -0.1) is 0 Å². The van der Waals surface area contributed by atoms with E-state index in [1.165, 1.54) is 17.0 Å². The number of nitrogens with zero attached hydrogens (tertiary/aromatic N) is 3. The number of carbonyl (C=O) groups is 1. The minimum Gasteiger partial charge on any atom is -0.351 e. The second kappa shape index (κ2) is 6.62. The zero-order chi connectivity index (χ0) is 17.1. The summed E-state index contributed by atoms with van der Waals surface area (Å²) in [6, 6.07) is 12.6. The lowest BCUT2D eigenvalue weighted by atomic mass is 10.0. The summed E-state index contributed by atoms with van der Waals surface area (Å²) in [5.41, 5.74) is 1.88. The number of aryl methyl sites for hydroxylation is 1. The van der Waals surface area contributed by atoms with Crippen molar-refractivity contribution in [2.45, 2.75) is 13.0 Å². The SMILES string of the molecule is Cc1cc(C(=O)N(C)[C@H](c2cccc(F)c2)c2ccccn2)on1. The summed E-state index contributed by atoms with van der Waals surface area (Å²) >= 11 is 0. The Morgan fingerprint density at radius 2 is 2.04 bits per heavy atom. The van der Waals surface area contributed by atoms with Crippen molar-refractivity contribution in [2.75, 3.05) is 7.05 Å². The average molecular weight is 325 g/mol. The second-order valence-corrected chi connectivity index (χ2v) is 5.46. The first-order valence-corrected chi connectivity index (χ1v) is 7.43. The maximum atomic E-state index is 13.7. The molecule has 0 aliphatic carbocycles. The van der Waals surface area contributed by atoms with E-state index in [0.717, 1.165) is 0 Å². The molecule has 0 radical (unpaired) electrons. The van der Waals surface area contributed by atoms with Gasteiger partial charge in [-0.3, -0.25) is 9.78 Å². The molecule has 2 heterocycles. The van der Waals surface area contributed by atoms with Gasteiger partial charge in [0.05, 0.1) is 17.4 Å². The maximum absolute atomic E-state index is 13.7. The van der Waals surface area contributed by atoms with Crippen LogP contribution in [0.3, 0.4) is 0 Å². The van der Waals surface area contributed by atoms with Crippen LogP contribution in [0.15, 0.2) is 59.3 Å². The molecule has 6 heteroatoms. The highest BCUT2D eigenvalue weighted by Gasteiger charge is 2.27. The molecule has 0 aliphatic heterocycles. The standard InChI is InChI=1S/C18H16FN3O2/c1-12-10-16(24-21-12)18(23)22(2)17(15-8-3-4-9-20-15)13-6-5-7-14(19)11-13/h3-11,17H,1-2H3/t17-/m1/s1. The quantitative estimate of drug-likeness (QED) is 0.738. The van der Waals surface area contributed by atoms with Crippen molar-refractivity contribution in [1.82, 2.24) is 15.0 Å². The maximum Gasteiger partial charge on any atom is 0.293 e. The van der Waals surface area contributed by atoms with Crippen molar-refractivity contribution in [2.24, 2.45) is 0 Å². The summed E-state index contributed by atoms with van der Waals surface area (Å²) in [7, 11) is 1.63. The van der Waals surface area contributed by atoms with Crippen LogP contribution in [0.25, 0.3) is 0 Å². The average Bonchev–Trinajstić information content (AvgIpc) is 3.02. The third-order valence-corrected chi connectivity index (χ3v) is 3.68. The minimum absolute atomic E-state index is 0.132. The summed E-state index contributed by atoms with van der Waals surface area (Å²) < 4.78 is 18.7. The Kier molecular flexibility index (Phi) is 4.37. The molecule has 0 bridgehead atoms. The Balaban J connectivity index is 2.02. The van der Waals surface area contributed by atoms with Crippen LogP contribution in [0, 0.1) is 12.7 Å². The Bertz CT molecular complexity index is 848. The Hall–Kier alpha value is -3.02. The fraction of sp³-hybridized carbons (Fsp3) is 0.167. The molecule has 0 fully saturated rings. The molecular weight excluding hydrogens is 309 g/mol. The summed E-state index contributed by atoms with van der Waals surface area (Å²) in [6.45, 7) is 1.74. The molecule has 5 nitrogen and oxygen atoms in total. The second-order valence-electron chi connectivity index (χ2n) is 5.46. The number of amides is 1. The van der Waals surface area contributed by atoms with Crippen LogP contribution < -0.4 is 0 Å². The van der Waals surface area contributed by atoms with Crippen LogP contribution in [0.4, 0.5) is 4.39 Å². The zero-order valence-electron chi connectivity index (χ0n) is 13.3. The van der Waals surface area contributed by atoms with Gasteiger partial charge in [-0.05, 0) is 36.8 Å². The first-order valence-electron chi connectivity index (χ1n) is 7.43. The molecule has 1 aromatic carbocycles. The van der Waals surface area contributed by atoms with E-state index in [1.54, 1.807) is 50.5 Å². The fourth-order valence-electron chi connectivity index (χ4n) is 2.56. The Labute approximate surface area is 138 Å². The monoisotopic (exact) mass is 325 g/mol. The van der Waals surface area contributed by atoms with E-state index in [1.807, 2.05) is 6.07 Å². The molecule has 0 saturated carbocycles. The third-order valence-electron chi connectivity index (χ3n) is 3.68. The minimum atomic E-state index is -0.542. The summed E-state index contributed by atoms with van der Waals surface area (Å²) in [5, 5.41) is 3.74. The number of rotatable bonds is 4. The molecule has 122 valence electrons. The van der Waals surface area contributed by atoms with E-state index in [-0.39, 0.29) is 17.5 Å². The van der Waals surface area contributed by atoms with Crippen molar-refractivity contribution >= 4 is 5.91 Å². The molecule has 0 saturated heterocycles. The molecule has 24 heavy (non-hydrogen) atoms. The van der Waals surface area contributed by atoms with Crippen LogP contribution >= 0.6 is 0 Å². The number of carbonyl (C=O) groups excluding carboxylic acids is 1. The van der Waals surface area contributed by atoms with E-state index >= 15 is 0 Å². The van der Waals surface area contributed by atoms with Gasteiger partial charge in [0.25, 0.3) is 5.91 Å². The van der Waals surface area contributed by atoms with Crippen molar-refractivity contribution in [1.29, 1.82) is 0 Å². The lowest BCUT2D eigenvalue weighted by Gasteiger charge is -2.27. The molecule has 1 atom stereocenters. The van der Waals surface area contributed by atoms with Crippen LogP contribution in [-0.2, 0) is 0 Å². The van der Waals surface area contributed by atoms with Crippen molar-refractivity contribution in [3.05, 3.63) is 83.3 Å². The fourth-order valence-corrected chi connectivity index (χ4v) is 2.56. The highest BCUT2D eigenvalue weighted by molar-refractivity contribution is 5.91. The molecule has 0 N–H and O–H groups in total. The van der Waals surface area contributed by atoms with Gasteiger partial charge in [-0.2, -0.15) is 0 Å². The lowest BCUT2D eigenvalue weighted by Crippen LogP contribution is -2.32. The highest BCUT2D eigenvalue weighted by Crippen LogP contribution is 2.28. The number of hydrogen-bond donors (Lipinski definition) is 0. The van der Waals surface area contributed by atoms with E-state index in [4.69, 9.17) is 4.52 Å². The van der Waals surface area contributed by atoms with Gasteiger partial charge < -0.3 is 9.42 Å². The Morgan fingerprint density at radius 1 is 1.21 bits per heavy atom. The summed E-state index contributed by atoms with van der Waals surface area (Å²) in [5.74, 6) is -0.590. The molecule has 2 aromatic heterocycles. The van der Waals surface area contributed by atoms with E-state index in [0.29, 0.717) is 17.0 Å². The van der Waals surface area contributed by atoms with Gasteiger partial charge in [0.1, 0.15) is 5.82 Å². The van der Waals surface area contributed by atoms with Crippen molar-refractivity contribution < 1.29 is 13.7 Å². The molecule has 1 amide bonds. The molecular formula is C18H16FN3O2. The van der Waals surface area contributed by atoms with Crippen LogP contribution in [0.1, 0.15) is 33.5 Å². The molecule has 3 aromatic rings. The molecule has 0 unspecified atom stereocenters. The van der Waals surface area contributed by atoms with Crippen molar-refractivity contribution in [3.63, 3.8) is 0 Å². The largest absolute Gasteiger partial charge is 0.351 e. The number of pyridine rings is 1. The van der Waals surface area contributed by atoms with E-state index < -0.39 is 6.04 Å². The summed E-state index contributed by atoms with van der Waals surface area (Å²) in [4.78, 5) is 18.5. The highest BCUT2D eigenvalue weighted by atomic mass is 19.1. The number of benzene rings is 1. The van der Waals surface area contributed by atoms with Gasteiger partial charge in [0.2, 0.25) is 5.76 Å². The summed E-state index contributed by atoms with van der Waals surface area (Å²) in [6.07, 6.45) is 1.64. The normalized spacial score (nSPS) is 12.0. The zero-order valence-corrected chi connectivity index (χ0v) is 13.3. The van der Waals surface area contributed by atoms with Gasteiger partial charge in [0, 0.05) is 19.3 Å². The van der Waals surface area contributed by atoms with E-state index in [9.17, 15) is 9.18 Å². The number of aromatic nitrogens is 2. The predicted octanol–water partition coefficient (Wildman–Crippen LogP) is 3.38. The first-order chi connectivity index (χ1) is 11.6. The molecule has 0 spiro atoms. The predicted molar refractivity (Wildman–Crippen MR) is 85.8 cm³/mol. The van der Waals surface area contributed by atoms with Gasteiger partial charge in [-0.1, -0.05) is 23.4 Å². The molecule has 0 aliphatic rings. The van der Waals surface area contributed by atoms with Gasteiger partial charge >= 0.3 is 0 Å². The Morgan fingerprint density at radius 3 is 2.67 bits per heavy atom. The van der Waals surface area contributed by atoms with E-state index in [2.05, 4.69) is 10.1 Å². The van der Waals surface area contributed by atoms with Gasteiger partial charge in [0.15, 0.2) is 0 Å². The first kappa shape index (κ1) is 15.9.